The summed E-state index contributed by atoms with van der Waals surface area (Å²) in [6, 6.07) is 3.48. The lowest BCUT2D eigenvalue weighted by molar-refractivity contribution is -0.384. The van der Waals surface area contributed by atoms with E-state index in [1.165, 1.54) is 12.1 Å². The van der Waals surface area contributed by atoms with Crippen LogP contribution in [-0.2, 0) is 9.63 Å². The van der Waals surface area contributed by atoms with Crippen molar-refractivity contribution >= 4 is 29.1 Å². The third kappa shape index (κ3) is 3.68. The lowest BCUT2D eigenvalue weighted by Crippen LogP contribution is -2.29. The second-order valence-electron chi connectivity index (χ2n) is 3.11. The summed E-state index contributed by atoms with van der Waals surface area (Å²) < 4.78 is 0. The Morgan fingerprint density at radius 1 is 1.50 bits per heavy atom. The van der Waals surface area contributed by atoms with Gasteiger partial charge in [0.1, 0.15) is 5.02 Å². The summed E-state index contributed by atoms with van der Waals surface area (Å²) in [5, 5.41) is 10.5. The Labute approximate surface area is 106 Å². The molecule has 1 aromatic rings. The standard InChI is InChI=1S/C9H8ClN3O5/c10-6-2-1-5(3-7(6)13(16)17)9(15)12-18-4-8(11)14/h1-3H,4H2,(H2,11,14)(H,12,15). The molecular formula is C9H8ClN3O5. The van der Waals surface area contributed by atoms with Gasteiger partial charge in [0.25, 0.3) is 11.6 Å². The quantitative estimate of drug-likeness (QED) is 0.593. The molecule has 0 fully saturated rings. The van der Waals surface area contributed by atoms with Crippen molar-refractivity contribution in [1.82, 2.24) is 5.48 Å². The summed E-state index contributed by atoms with van der Waals surface area (Å²) in [4.78, 5) is 36.1. The first kappa shape index (κ1) is 13.9. The van der Waals surface area contributed by atoms with Crippen LogP contribution in [0, 0.1) is 10.1 Å². The van der Waals surface area contributed by atoms with Gasteiger partial charge < -0.3 is 5.73 Å². The Kier molecular flexibility index (Phi) is 4.58. The predicted octanol–water partition coefficient (Wildman–Crippen LogP) is 0.395. The van der Waals surface area contributed by atoms with Crippen molar-refractivity contribution in [1.29, 1.82) is 0 Å². The number of hydrogen-bond acceptors (Lipinski definition) is 5. The number of nitrogens with two attached hydrogens (primary N) is 1. The lowest BCUT2D eigenvalue weighted by atomic mass is 10.2. The van der Waals surface area contributed by atoms with Gasteiger partial charge in [0, 0.05) is 11.6 Å². The molecule has 0 bridgehead atoms. The van der Waals surface area contributed by atoms with E-state index < -0.39 is 29.0 Å². The van der Waals surface area contributed by atoms with Crippen molar-refractivity contribution in [3.63, 3.8) is 0 Å². The highest BCUT2D eigenvalue weighted by Gasteiger charge is 2.16. The van der Waals surface area contributed by atoms with Crippen molar-refractivity contribution in [2.45, 2.75) is 0 Å². The van der Waals surface area contributed by atoms with Crippen LogP contribution in [0.1, 0.15) is 10.4 Å². The molecular weight excluding hydrogens is 266 g/mol. The average molecular weight is 274 g/mol. The largest absolute Gasteiger partial charge is 0.368 e. The van der Waals surface area contributed by atoms with E-state index in [2.05, 4.69) is 4.84 Å². The van der Waals surface area contributed by atoms with Gasteiger partial charge in [-0.15, -0.1) is 0 Å². The number of benzene rings is 1. The highest BCUT2D eigenvalue weighted by atomic mass is 35.5. The molecule has 8 nitrogen and oxygen atoms in total. The lowest BCUT2D eigenvalue weighted by Gasteiger charge is -2.04. The summed E-state index contributed by atoms with van der Waals surface area (Å²) in [6.45, 7) is -0.499. The molecule has 0 aliphatic carbocycles. The Hall–Kier alpha value is -2.19. The van der Waals surface area contributed by atoms with Gasteiger partial charge in [-0.3, -0.25) is 24.5 Å². The molecule has 0 saturated carbocycles. The minimum absolute atomic E-state index is 0.0319. The third-order valence-corrected chi connectivity index (χ3v) is 2.10. The second kappa shape index (κ2) is 5.94. The molecule has 2 amide bonds. The monoisotopic (exact) mass is 273 g/mol. The summed E-state index contributed by atoms with van der Waals surface area (Å²) >= 11 is 5.58. The van der Waals surface area contributed by atoms with Crippen LogP contribution in [0.15, 0.2) is 18.2 Å². The fourth-order valence-corrected chi connectivity index (χ4v) is 1.21. The normalized spacial score (nSPS) is 9.83. The molecule has 96 valence electrons. The number of nitro benzene ring substituents is 1. The van der Waals surface area contributed by atoms with Gasteiger partial charge in [0.15, 0.2) is 6.61 Å². The van der Waals surface area contributed by atoms with E-state index in [0.29, 0.717) is 0 Å². The number of nitrogens with zero attached hydrogens (tertiary/aromatic N) is 1. The van der Waals surface area contributed by atoms with Gasteiger partial charge in [-0.25, -0.2) is 5.48 Å². The number of nitrogens with one attached hydrogen (secondary N) is 1. The fourth-order valence-electron chi connectivity index (χ4n) is 1.03. The fraction of sp³-hybridized carbons (Fsp3) is 0.111. The molecule has 0 saturated heterocycles. The highest BCUT2D eigenvalue weighted by molar-refractivity contribution is 6.32. The Morgan fingerprint density at radius 2 is 2.17 bits per heavy atom. The Balaban J connectivity index is 2.77. The molecule has 0 heterocycles. The summed E-state index contributed by atoms with van der Waals surface area (Å²) in [7, 11) is 0. The van der Waals surface area contributed by atoms with Crippen molar-refractivity contribution in [3.05, 3.63) is 38.9 Å². The predicted molar refractivity (Wildman–Crippen MR) is 60.7 cm³/mol. The summed E-state index contributed by atoms with van der Waals surface area (Å²) in [5.41, 5.74) is 6.25. The molecule has 0 aliphatic rings. The molecule has 0 aliphatic heterocycles. The molecule has 1 aromatic carbocycles. The topological polar surface area (TPSA) is 125 Å². The second-order valence-corrected chi connectivity index (χ2v) is 3.52. The van der Waals surface area contributed by atoms with Crippen molar-refractivity contribution in [3.8, 4) is 0 Å². The molecule has 18 heavy (non-hydrogen) atoms. The molecule has 0 unspecified atom stereocenters. The number of rotatable bonds is 5. The summed E-state index contributed by atoms with van der Waals surface area (Å²) in [6.07, 6.45) is 0. The van der Waals surface area contributed by atoms with Gasteiger partial charge >= 0.3 is 0 Å². The van der Waals surface area contributed by atoms with E-state index in [1.54, 1.807) is 0 Å². The van der Waals surface area contributed by atoms with E-state index in [0.717, 1.165) is 6.07 Å². The summed E-state index contributed by atoms with van der Waals surface area (Å²) in [5.74, 6) is -1.52. The van der Waals surface area contributed by atoms with E-state index in [4.69, 9.17) is 17.3 Å². The number of carbonyl (C=O) groups excluding carboxylic acids is 2. The van der Waals surface area contributed by atoms with Crippen LogP contribution in [0.25, 0.3) is 0 Å². The smallest absolute Gasteiger partial charge is 0.288 e. The highest BCUT2D eigenvalue weighted by Crippen LogP contribution is 2.24. The third-order valence-electron chi connectivity index (χ3n) is 1.78. The van der Waals surface area contributed by atoms with Crippen LogP contribution >= 0.6 is 11.6 Å². The van der Waals surface area contributed by atoms with Gasteiger partial charge in [-0.2, -0.15) is 0 Å². The van der Waals surface area contributed by atoms with Gasteiger partial charge in [-0.05, 0) is 12.1 Å². The Bertz CT molecular complexity index is 505. The molecule has 0 aromatic heterocycles. The van der Waals surface area contributed by atoms with Gasteiger partial charge in [0.2, 0.25) is 5.91 Å². The van der Waals surface area contributed by atoms with E-state index in [-0.39, 0.29) is 10.6 Å². The molecule has 0 atom stereocenters. The first-order valence-electron chi connectivity index (χ1n) is 4.56. The average Bonchev–Trinajstić information content (AvgIpc) is 2.28. The number of hydrogen-bond donors (Lipinski definition) is 2. The number of primary amides is 1. The number of amides is 2. The molecule has 1 rings (SSSR count). The first-order valence-corrected chi connectivity index (χ1v) is 4.94. The molecule has 0 spiro atoms. The number of hydroxylamine groups is 1. The van der Waals surface area contributed by atoms with Crippen molar-refractivity contribution < 1.29 is 19.3 Å². The minimum Gasteiger partial charge on any atom is -0.368 e. The zero-order valence-corrected chi connectivity index (χ0v) is 9.64. The van der Waals surface area contributed by atoms with Crippen LogP contribution in [0.4, 0.5) is 5.69 Å². The van der Waals surface area contributed by atoms with Crippen LogP contribution in [0.3, 0.4) is 0 Å². The van der Waals surface area contributed by atoms with Crippen LogP contribution < -0.4 is 11.2 Å². The Morgan fingerprint density at radius 3 is 2.72 bits per heavy atom. The van der Waals surface area contributed by atoms with Crippen LogP contribution in [-0.4, -0.2) is 23.3 Å². The SMILES string of the molecule is NC(=O)CONC(=O)c1ccc(Cl)c([N+](=O)[O-])c1. The molecule has 3 N–H and O–H groups in total. The maximum absolute atomic E-state index is 11.5. The van der Waals surface area contributed by atoms with E-state index in [9.17, 15) is 19.7 Å². The van der Waals surface area contributed by atoms with Crippen molar-refractivity contribution in [2.24, 2.45) is 5.73 Å². The van der Waals surface area contributed by atoms with Crippen molar-refractivity contribution in [2.75, 3.05) is 6.61 Å². The van der Waals surface area contributed by atoms with Gasteiger partial charge in [0.05, 0.1) is 4.92 Å². The zero-order valence-electron chi connectivity index (χ0n) is 8.88. The van der Waals surface area contributed by atoms with E-state index in [1.807, 2.05) is 5.48 Å². The number of halogens is 1. The maximum atomic E-state index is 11.5. The zero-order chi connectivity index (χ0) is 13.7. The molecule has 9 heteroatoms. The van der Waals surface area contributed by atoms with Gasteiger partial charge in [-0.1, -0.05) is 11.6 Å². The van der Waals surface area contributed by atoms with Crippen LogP contribution in [0.5, 0.6) is 0 Å². The number of nitro groups is 1. The first-order chi connectivity index (χ1) is 8.41. The van der Waals surface area contributed by atoms with E-state index >= 15 is 0 Å². The maximum Gasteiger partial charge on any atom is 0.288 e. The van der Waals surface area contributed by atoms with Crippen LogP contribution in [0.2, 0.25) is 5.02 Å². The minimum atomic E-state index is -0.766. The number of carbonyl (C=O) groups is 2. The molecule has 0 radical (unpaired) electrons.